The van der Waals surface area contributed by atoms with Crippen molar-refractivity contribution in [1.29, 1.82) is 0 Å². The SMILES string of the molecule is CSON(O)CCSOO[O-].[K+]. The molecular weight excluding hydrogens is 233 g/mol. The van der Waals surface area contributed by atoms with E-state index in [9.17, 15) is 5.26 Å². The molecule has 0 radical (unpaired) electrons. The van der Waals surface area contributed by atoms with E-state index in [4.69, 9.17) is 5.21 Å². The zero-order chi connectivity index (χ0) is 8.53. The van der Waals surface area contributed by atoms with E-state index >= 15 is 0 Å². The van der Waals surface area contributed by atoms with Gasteiger partial charge < -0.3 is 5.26 Å². The largest absolute Gasteiger partial charge is 1.00 e. The molecule has 6 nitrogen and oxygen atoms in total. The van der Waals surface area contributed by atoms with Gasteiger partial charge >= 0.3 is 51.4 Å². The summed E-state index contributed by atoms with van der Waals surface area (Å²) in [6, 6.07) is 0. The molecule has 0 saturated carbocycles. The molecule has 0 aliphatic heterocycles. The quantitative estimate of drug-likeness (QED) is 0.164. The Morgan fingerprint density at radius 1 is 1.58 bits per heavy atom. The molecule has 0 aromatic rings. The molecule has 0 unspecified atom stereocenters. The van der Waals surface area contributed by atoms with Crippen molar-refractivity contribution < 1.29 is 75.5 Å². The average molecular weight is 241 g/mol. The van der Waals surface area contributed by atoms with Gasteiger partial charge in [-0.3, -0.25) is 10.2 Å². The fourth-order valence-corrected chi connectivity index (χ4v) is 0.877. The first-order chi connectivity index (χ1) is 5.31. The summed E-state index contributed by atoms with van der Waals surface area (Å²) in [7, 11) is 0. The Labute approximate surface area is 122 Å². The Hall–Kier alpha value is 2.10. The van der Waals surface area contributed by atoms with Gasteiger partial charge in [-0.1, -0.05) is 5.23 Å². The second-order valence-corrected chi connectivity index (χ2v) is 2.54. The molecule has 1 N–H and O–H groups in total. The minimum absolute atomic E-state index is 0. The minimum atomic E-state index is 0. The topological polar surface area (TPSA) is 74.2 Å². The molecule has 9 heteroatoms. The van der Waals surface area contributed by atoms with Gasteiger partial charge in [0.2, 0.25) is 0 Å². The van der Waals surface area contributed by atoms with E-state index in [1.165, 1.54) is 0 Å². The van der Waals surface area contributed by atoms with Gasteiger partial charge in [0.1, 0.15) is 0 Å². The van der Waals surface area contributed by atoms with Crippen LogP contribution in [0.25, 0.3) is 0 Å². The van der Waals surface area contributed by atoms with Crippen LogP contribution in [0.3, 0.4) is 0 Å². The zero-order valence-corrected chi connectivity index (χ0v) is 11.5. The summed E-state index contributed by atoms with van der Waals surface area (Å²) < 4.78 is 8.46. The molecule has 0 bridgehead atoms. The Balaban J connectivity index is 0. The molecule has 0 aliphatic carbocycles. The van der Waals surface area contributed by atoms with Gasteiger partial charge in [0, 0.05) is 36.1 Å². The third-order valence-corrected chi connectivity index (χ3v) is 1.42. The van der Waals surface area contributed by atoms with Crippen LogP contribution in [-0.4, -0.2) is 29.0 Å². The van der Waals surface area contributed by atoms with Crippen LogP contribution >= 0.6 is 24.1 Å². The molecule has 0 fully saturated rings. The molecular formula is C3H8KNO5S2. The summed E-state index contributed by atoms with van der Waals surface area (Å²) in [5, 5.41) is 21.7. The fraction of sp³-hybridized carbons (Fsp3) is 1.00. The summed E-state index contributed by atoms with van der Waals surface area (Å²) in [5.41, 5.74) is 0. The summed E-state index contributed by atoms with van der Waals surface area (Å²) in [6.45, 7) is 0.217. The van der Waals surface area contributed by atoms with Crippen molar-refractivity contribution in [2.75, 3.05) is 18.6 Å². The number of hydroxylamine groups is 2. The normalized spacial score (nSPS) is 10.0. The van der Waals surface area contributed by atoms with E-state index in [1.54, 1.807) is 6.26 Å². The third kappa shape index (κ3) is 12.1. The predicted octanol–water partition coefficient (Wildman–Crippen LogP) is -3.24. The van der Waals surface area contributed by atoms with Gasteiger partial charge in [0.05, 0.1) is 6.54 Å². The first-order valence-corrected chi connectivity index (χ1v) is 4.62. The van der Waals surface area contributed by atoms with E-state index in [-0.39, 0.29) is 57.9 Å². The molecule has 0 amide bonds. The molecule has 0 atom stereocenters. The van der Waals surface area contributed by atoms with Crippen molar-refractivity contribution in [3.8, 4) is 0 Å². The Bertz CT molecular complexity index is 91.1. The molecule has 0 aliphatic rings. The van der Waals surface area contributed by atoms with E-state index in [2.05, 4.69) is 13.7 Å². The van der Waals surface area contributed by atoms with Crippen LogP contribution in [0.1, 0.15) is 0 Å². The van der Waals surface area contributed by atoms with Crippen LogP contribution in [-0.2, 0) is 13.7 Å². The van der Waals surface area contributed by atoms with Crippen molar-refractivity contribution in [2.24, 2.45) is 0 Å². The second kappa shape index (κ2) is 13.1. The predicted molar refractivity (Wildman–Crippen MR) is 37.7 cm³/mol. The van der Waals surface area contributed by atoms with Crippen LogP contribution in [0, 0.1) is 0 Å². The molecule has 68 valence electrons. The second-order valence-electron chi connectivity index (χ2n) is 1.28. The maximum Gasteiger partial charge on any atom is 1.00 e. The molecule has 0 aromatic carbocycles. The van der Waals surface area contributed by atoms with Gasteiger partial charge in [0.25, 0.3) is 0 Å². The monoisotopic (exact) mass is 241 g/mol. The van der Waals surface area contributed by atoms with Crippen molar-refractivity contribution in [3.63, 3.8) is 0 Å². The summed E-state index contributed by atoms with van der Waals surface area (Å²) in [5.74, 6) is 0.360. The molecule has 0 heterocycles. The van der Waals surface area contributed by atoms with Crippen molar-refractivity contribution in [3.05, 3.63) is 0 Å². The van der Waals surface area contributed by atoms with E-state index in [0.29, 0.717) is 11.0 Å². The fourth-order valence-electron chi connectivity index (χ4n) is 0.292. The Morgan fingerprint density at radius 3 is 2.75 bits per heavy atom. The van der Waals surface area contributed by atoms with Gasteiger partial charge in [-0.15, -0.1) is 0 Å². The van der Waals surface area contributed by atoms with Gasteiger partial charge in [-0.2, -0.15) is 4.33 Å². The summed E-state index contributed by atoms with van der Waals surface area (Å²) in [6.07, 6.45) is 1.66. The summed E-state index contributed by atoms with van der Waals surface area (Å²) in [4.78, 5) is 0. The van der Waals surface area contributed by atoms with Crippen LogP contribution in [0.2, 0.25) is 0 Å². The number of hydrogen-bond acceptors (Lipinski definition) is 8. The number of rotatable bonds is 7. The van der Waals surface area contributed by atoms with Gasteiger partial charge in [0.15, 0.2) is 0 Å². The first kappa shape index (κ1) is 16.5. The van der Waals surface area contributed by atoms with E-state index in [1.807, 2.05) is 0 Å². The van der Waals surface area contributed by atoms with Crippen molar-refractivity contribution >= 4 is 24.1 Å². The van der Waals surface area contributed by atoms with Crippen LogP contribution in [0.15, 0.2) is 0 Å². The van der Waals surface area contributed by atoms with Crippen molar-refractivity contribution in [1.82, 2.24) is 5.23 Å². The van der Waals surface area contributed by atoms with Crippen LogP contribution in [0.4, 0.5) is 0 Å². The zero-order valence-electron chi connectivity index (χ0n) is 6.76. The molecule has 0 aromatic heterocycles. The number of nitrogens with zero attached hydrogens (tertiary/aromatic N) is 1. The van der Waals surface area contributed by atoms with Gasteiger partial charge in [-0.25, -0.2) is 4.28 Å². The average Bonchev–Trinajstić information content (AvgIpc) is 1.99. The van der Waals surface area contributed by atoms with Crippen LogP contribution in [0.5, 0.6) is 0 Å². The molecule has 0 rings (SSSR count). The molecule has 0 saturated heterocycles. The van der Waals surface area contributed by atoms with Crippen LogP contribution < -0.4 is 56.6 Å². The first-order valence-electron chi connectivity index (χ1n) is 2.56. The Kier molecular flexibility index (Phi) is 18.0. The summed E-state index contributed by atoms with van der Waals surface area (Å²) >= 11 is 1.79. The van der Waals surface area contributed by atoms with E-state index in [0.717, 1.165) is 24.1 Å². The molecule has 0 spiro atoms. The molecule has 12 heavy (non-hydrogen) atoms. The maximum atomic E-state index is 9.25. The minimum Gasteiger partial charge on any atom is -0.691 e. The number of hydrogen-bond donors (Lipinski definition) is 1. The maximum absolute atomic E-state index is 9.25. The van der Waals surface area contributed by atoms with E-state index < -0.39 is 0 Å². The third-order valence-electron chi connectivity index (χ3n) is 0.602. The van der Waals surface area contributed by atoms with Crippen molar-refractivity contribution in [2.45, 2.75) is 0 Å². The smallest absolute Gasteiger partial charge is 0.691 e. The standard InChI is InChI=1S/C3H9NO5S2.K/c1-10-7-4(5)2-3-11-9-8-6;/h5-6H,2-3H2,1H3;/q;+1/p-1. The Morgan fingerprint density at radius 2 is 2.25 bits per heavy atom. The van der Waals surface area contributed by atoms with Gasteiger partial charge in [-0.05, 0) is 0 Å².